The van der Waals surface area contributed by atoms with E-state index < -0.39 is 91.0 Å². The van der Waals surface area contributed by atoms with Crippen molar-refractivity contribution in [3.63, 3.8) is 0 Å². The van der Waals surface area contributed by atoms with Crippen molar-refractivity contribution < 1.29 is 60.9 Å². The summed E-state index contributed by atoms with van der Waals surface area (Å²) in [6.45, 7) is 12.7. The summed E-state index contributed by atoms with van der Waals surface area (Å²) in [6, 6.07) is 17.4. The molecule has 2 fully saturated rings. The molecule has 7 heterocycles. The van der Waals surface area contributed by atoms with Crippen LogP contribution in [0.25, 0.3) is 27.0 Å². The number of aryl methyl sites for hydroxylation is 1. The van der Waals surface area contributed by atoms with Crippen LogP contribution < -0.4 is 10.5 Å². The minimum atomic E-state index is -4.06. The Morgan fingerprint density at radius 3 is 2.38 bits per heavy atom. The topological polar surface area (TPSA) is 257 Å². The maximum Gasteiger partial charge on any atom is 0.695 e. The highest BCUT2D eigenvalue weighted by Crippen LogP contribution is 2.56. The average Bonchev–Trinajstić information content (AvgIpc) is 4.18. The molecule has 9 rings (SSSR count). The number of anilines is 1. The van der Waals surface area contributed by atoms with Gasteiger partial charge < -0.3 is 42.2 Å². The summed E-state index contributed by atoms with van der Waals surface area (Å²) < 4.78 is 67.5. The standard InChI is InChI=1S/C49H57N9O14P2SSi/c1-49(2,3)76(5,6)72-40-35(26-59)69-47(58-30-53-39-44(58)54-29-55(46(39)61)21-23-65-48(62)32-16-11-8-12-17-32)41(40)71-74(75,66-22-19-50-4)67-27-36-34(70-73(63)64)24-37(68-36)57-25-33-18-13-20-56(42-38(33)43(57)52-28-51-42)45(60)31-14-9-7-10-15-31/h7-12,14-17,25,28-30,34-37,40-41,47,59H,13,18-24,26-27H2,1-3,5-6H3/p+1/t34-,35+,36+,37+,40+,41+,47+,74?/m0/s1. The van der Waals surface area contributed by atoms with Crippen molar-refractivity contribution in [1.82, 2.24) is 33.6 Å². The molecule has 27 heteroatoms. The highest BCUT2D eigenvalue weighted by Gasteiger charge is 2.54. The van der Waals surface area contributed by atoms with Gasteiger partial charge in [-0.1, -0.05) is 57.2 Å². The highest BCUT2D eigenvalue weighted by atomic mass is 32.5. The van der Waals surface area contributed by atoms with Crippen LogP contribution in [0.5, 0.6) is 0 Å². The molecule has 3 aliphatic rings. The number of aliphatic hydroxyl groups is 1. The number of esters is 1. The molecular weight excluding hydrogens is 1060 g/mol. The summed E-state index contributed by atoms with van der Waals surface area (Å²) in [4.78, 5) is 73.7. The zero-order chi connectivity index (χ0) is 53.9. The number of amides is 1. The molecular formula is C49H58N9O14P2SSi+. The van der Waals surface area contributed by atoms with Crippen LogP contribution in [-0.2, 0) is 66.1 Å². The average molecular weight is 1120 g/mol. The van der Waals surface area contributed by atoms with E-state index in [1.54, 1.807) is 64.1 Å². The molecule has 0 saturated carbocycles. The van der Waals surface area contributed by atoms with Crippen molar-refractivity contribution in [2.75, 3.05) is 44.4 Å². The summed E-state index contributed by atoms with van der Waals surface area (Å²) in [5.74, 6) is -0.300. The Labute approximate surface area is 444 Å². The van der Waals surface area contributed by atoms with Crippen molar-refractivity contribution in [2.24, 2.45) is 0 Å². The number of ether oxygens (including phenoxy) is 3. The quantitative estimate of drug-likeness (QED) is 0.0267. The highest BCUT2D eigenvalue weighted by molar-refractivity contribution is 8.07. The first-order valence-corrected chi connectivity index (χ1v) is 31.2. The molecule has 2 saturated heterocycles. The van der Waals surface area contributed by atoms with Gasteiger partial charge in [-0.15, -0.1) is 9.42 Å². The minimum Gasteiger partial charge on any atom is -0.460 e. The van der Waals surface area contributed by atoms with E-state index in [9.17, 15) is 28.9 Å². The Kier molecular flexibility index (Phi) is 16.8. The molecule has 2 unspecified atom stereocenters. The number of hydrogen-bond acceptors (Lipinski definition) is 18. The van der Waals surface area contributed by atoms with Gasteiger partial charge in [-0.3, -0.25) is 28.1 Å². The third-order valence-corrected chi connectivity index (χ3v) is 21.2. The van der Waals surface area contributed by atoms with E-state index in [4.69, 9.17) is 55.1 Å². The van der Waals surface area contributed by atoms with Crippen LogP contribution in [0.4, 0.5) is 5.82 Å². The molecule has 1 amide bonds. The van der Waals surface area contributed by atoms with Crippen LogP contribution >= 0.6 is 15.0 Å². The third kappa shape index (κ3) is 11.7. The lowest BCUT2D eigenvalue weighted by molar-refractivity contribution is -0.0550. The SMILES string of the molecule is [C-]#[N+]CCOP(=S)(OC[C@H]1O[C@@H](n2cc3c4c(ncnc42)N(C(=O)c2ccccc2)CCC3)C[C@@H]1O[P+](=O)O)O[C@@H]1[C@H](O[Si](C)(C)C(C)(C)C)[C@@H](CO)O[C@H]1n1cnc2c(=O)n(CCOC(=O)c3ccccc3)cnc21. The number of fused-ring (bicyclic) bond motifs is 1. The molecule has 2 N–H and O–H groups in total. The van der Waals surface area contributed by atoms with Gasteiger partial charge in [0.2, 0.25) is 6.54 Å². The first kappa shape index (κ1) is 55.2. The number of carbonyl (C=O) groups is 2. The van der Waals surface area contributed by atoms with Gasteiger partial charge >= 0.3 is 20.9 Å². The van der Waals surface area contributed by atoms with Gasteiger partial charge in [-0.2, -0.15) is 0 Å². The number of imidazole rings is 1. The molecule has 2 aromatic carbocycles. The predicted molar refractivity (Wildman–Crippen MR) is 281 cm³/mol. The van der Waals surface area contributed by atoms with E-state index in [1.807, 2.05) is 46.1 Å². The number of aliphatic hydroxyl groups excluding tert-OH is 1. The number of benzene rings is 2. The Hall–Kier alpha value is -5.55. The molecule has 0 radical (unpaired) electrons. The van der Waals surface area contributed by atoms with Gasteiger partial charge in [-0.25, -0.2) is 31.3 Å². The molecule has 0 aliphatic carbocycles. The van der Waals surface area contributed by atoms with Crippen molar-refractivity contribution in [1.29, 1.82) is 0 Å². The van der Waals surface area contributed by atoms with E-state index in [0.717, 1.165) is 5.56 Å². The van der Waals surface area contributed by atoms with Crippen molar-refractivity contribution >= 4 is 75.0 Å². The molecule has 0 spiro atoms. The van der Waals surface area contributed by atoms with E-state index >= 15 is 0 Å². The van der Waals surface area contributed by atoms with Gasteiger partial charge in [0.1, 0.15) is 74.1 Å². The van der Waals surface area contributed by atoms with Crippen LogP contribution in [0.2, 0.25) is 18.1 Å². The second kappa shape index (κ2) is 23.2. The Morgan fingerprint density at radius 2 is 1.68 bits per heavy atom. The summed E-state index contributed by atoms with van der Waals surface area (Å²) in [5.41, 5.74) is 1.76. The van der Waals surface area contributed by atoms with E-state index in [-0.39, 0.29) is 54.8 Å². The number of nitrogens with zero attached hydrogens (tertiary/aromatic N) is 9. The molecule has 6 aromatic rings. The van der Waals surface area contributed by atoms with Gasteiger partial charge in [0.25, 0.3) is 11.5 Å². The number of hydrogen-bond donors (Lipinski definition) is 2. The smallest absolute Gasteiger partial charge is 0.460 e. The second-order valence-corrected chi connectivity index (χ2v) is 28.2. The summed E-state index contributed by atoms with van der Waals surface area (Å²) >= 11 is 6.16. The van der Waals surface area contributed by atoms with E-state index in [2.05, 4.69) is 24.8 Å². The molecule has 9 atom stereocenters. The molecule has 23 nitrogen and oxygen atoms in total. The number of rotatable bonds is 20. The maximum absolute atomic E-state index is 13.9. The second-order valence-electron chi connectivity index (χ2n) is 19.8. The van der Waals surface area contributed by atoms with Gasteiger partial charge in [-0.05, 0) is 72.6 Å². The van der Waals surface area contributed by atoms with Crippen LogP contribution in [0, 0.1) is 6.57 Å². The zero-order valence-corrected chi connectivity index (χ0v) is 45.9. The van der Waals surface area contributed by atoms with Crippen molar-refractivity contribution in [3.8, 4) is 0 Å². The van der Waals surface area contributed by atoms with Crippen LogP contribution in [0.15, 0.2) is 90.6 Å². The van der Waals surface area contributed by atoms with E-state index in [1.165, 1.54) is 28.1 Å². The van der Waals surface area contributed by atoms with Crippen molar-refractivity contribution in [2.45, 2.75) is 108 Å². The Bertz CT molecular complexity index is 3250. The fourth-order valence-electron chi connectivity index (χ4n) is 9.12. The fraction of sp³-hybridized carbons (Fsp3) is 0.469. The maximum atomic E-state index is 13.9. The molecule has 4 aromatic heterocycles. The zero-order valence-electron chi connectivity index (χ0n) is 42.3. The summed E-state index contributed by atoms with van der Waals surface area (Å²) in [5, 5.41) is 11.2. The normalized spacial score (nSPS) is 22.8. The number of carbonyl (C=O) groups excluding carboxylic acids is 2. The van der Waals surface area contributed by atoms with Crippen molar-refractivity contribution in [3.05, 3.63) is 124 Å². The van der Waals surface area contributed by atoms with Gasteiger partial charge in [0, 0.05) is 29.3 Å². The molecule has 76 heavy (non-hydrogen) atoms. The summed E-state index contributed by atoms with van der Waals surface area (Å²) in [6.07, 6.45) is -0.146. The first-order valence-electron chi connectivity index (χ1n) is 24.6. The fourth-order valence-corrected chi connectivity index (χ4v) is 13.0. The van der Waals surface area contributed by atoms with Crippen LogP contribution in [-0.4, -0.2) is 134 Å². The lowest BCUT2D eigenvalue weighted by Gasteiger charge is -2.41. The monoisotopic (exact) mass is 1120 g/mol. The lowest BCUT2D eigenvalue weighted by Crippen LogP contribution is -2.50. The third-order valence-electron chi connectivity index (χ3n) is 13.9. The van der Waals surface area contributed by atoms with Gasteiger partial charge in [0.15, 0.2) is 25.7 Å². The lowest BCUT2D eigenvalue weighted by atomic mass is 10.1. The van der Waals surface area contributed by atoms with Crippen LogP contribution in [0.1, 0.15) is 72.3 Å². The summed E-state index contributed by atoms with van der Waals surface area (Å²) in [7, 11) is -5.86. The molecule has 3 aliphatic heterocycles. The predicted octanol–water partition coefficient (Wildman–Crippen LogP) is 6.65. The molecule has 0 bridgehead atoms. The van der Waals surface area contributed by atoms with Gasteiger partial charge in [0.05, 0.1) is 37.0 Å². The number of aromatic nitrogens is 7. The van der Waals surface area contributed by atoms with E-state index in [0.29, 0.717) is 47.4 Å². The molecule has 402 valence electrons. The Balaban J connectivity index is 1.00. The Morgan fingerprint density at radius 1 is 0.947 bits per heavy atom. The minimum absolute atomic E-state index is 0.0171. The largest absolute Gasteiger partial charge is 0.695 e. The first-order chi connectivity index (χ1) is 36.4. The van der Waals surface area contributed by atoms with Crippen LogP contribution in [0.3, 0.4) is 0 Å².